The van der Waals surface area contributed by atoms with E-state index in [1.807, 2.05) is 18.2 Å². The predicted molar refractivity (Wildman–Crippen MR) is 88.3 cm³/mol. The van der Waals surface area contributed by atoms with Crippen LogP contribution in [-0.2, 0) is 4.74 Å². The second-order valence-corrected chi connectivity index (χ2v) is 5.82. The van der Waals surface area contributed by atoms with Crippen molar-refractivity contribution in [1.82, 2.24) is 4.98 Å². The maximum Gasteiger partial charge on any atom is 0.129 e. The molecule has 0 amide bonds. The van der Waals surface area contributed by atoms with E-state index in [1.165, 1.54) is 0 Å². The Labute approximate surface area is 130 Å². The zero-order valence-electron chi connectivity index (χ0n) is 12.2. The van der Waals surface area contributed by atoms with Crippen molar-refractivity contribution >= 4 is 28.3 Å². The van der Waals surface area contributed by atoms with Crippen LogP contribution in [0.25, 0.3) is 10.9 Å². The minimum absolute atomic E-state index is 0.265. The van der Waals surface area contributed by atoms with Crippen molar-refractivity contribution in [3.05, 3.63) is 47.5 Å². The standard InChI is InChI=1S/C17H19ClN2O/c1-3-10-21-13-8-9-20(11-13)16-7-5-14-15(18)6-4-12(2)17(14)19-16/h3-7,13H,1,8-11H2,2H3. The van der Waals surface area contributed by atoms with Gasteiger partial charge in [0.2, 0.25) is 0 Å². The predicted octanol–water partition coefficient (Wildman–Crippen LogP) is 3.98. The van der Waals surface area contributed by atoms with Gasteiger partial charge in [-0.15, -0.1) is 6.58 Å². The number of fused-ring (bicyclic) bond motifs is 1. The van der Waals surface area contributed by atoms with Gasteiger partial charge in [0.1, 0.15) is 5.82 Å². The van der Waals surface area contributed by atoms with E-state index in [0.717, 1.165) is 46.8 Å². The highest BCUT2D eigenvalue weighted by atomic mass is 35.5. The van der Waals surface area contributed by atoms with Crippen LogP contribution in [0, 0.1) is 6.92 Å². The van der Waals surface area contributed by atoms with E-state index >= 15 is 0 Å². The van der Waals surface area contributed by atoms with Crippen LogP contribution in [0.4, 0.5) is 5.82 Å². The summed E-state index contributed by atoms with van der Waals surface area (Å²) in [6.45, 7) is 8.21. The van der Waals surface area contributed by atoms with Crippen molar-refractivity contribution in [1.29, 1.82) is 0 Å². The maximum atomic E-state index is 6.24. The minimum atomic E-state index is 0.265. The molecule has 1 aromatic heterocycles. The van der Waals surface area contributed by atoms with Crippen LogP contribution in [0.5, 0.6) is 0 Å². The minimum Gasteiger partial charge on any atom is -0.372 e. The molecule has 1 aliphatic heterocycles. The molecular formula is C17H19ClN2O. The molecule has 21 heavy (non-hydrogen) atoms. The number of ether oxygens (including phenoxy) is 1. The van der Waals surface area contributed by atoms with E-state index in [4.69, 9.17) is 21.3 Å². The highest BCUT2D eigenvalue weighted by Crippen LogP contribution is 2.28. The maximum absolute atomic E-state index is 6.24. The SMILES string of the molecule is C=CCOC1CCN(c2ccc3c(Cl)ccc(C)c3n2)C1. The van der Waals surface area contributed by atoms with Gasteiger partial charge in [-0.1, -0.05) is 23.7 Å². The number of halogens is 1. The van der Waals surface area contributed by atoms with Crippen LogP contribution >= 0.6 is 11.6 Å². The fraction of sp³-hybridized carbons (Fsp3) is 0.353. The fourth-order valence-corrected chi connectivity index (χ4v) is 2.98. The van der Waals surface area contributed by atoms with Gasteiger partial charge in [-0.05, 0) is 37.1 Å². The molecule has 1 saturated heterocycles. The monoisotopic (exact) mass is 302 g/mol. The normalized spacial score (nSPS) is 18.4. The summed E-state index contributed by atoms with van der Waals surface area (Å²) >= 11 is 6.24. The van der Waals surface area contributed by atoms with E-state index in [1.54, 1.807) is 6.08 Å². The Hall–Kier alpha value is -1.58. The molecule has 0 aliphatic carbocycles. The van der Waals surface area contributed by atoms with Crippen LogP contribution < -0.4 is 4.90 Å². The first-order chi connectivity index (χ1) is 10.2. The Morgan fingerprint density at radius 2 is 2.29 bits per heavy atom. The van der Waals surface area contributed by atoms with Crippen molar-refractivity contribution in [2.24, 2.45) is 0 Å². The van der Waals surface area contributed by atoms with Crippen LogP contribution in [0.2, 0.25) is 5.02 Å². The topological polar surface area (TPSA) is 25.4 Å². The average molecular weight is 303 g/mol. The summed E-state index contributed by atoms with van der Waals surface area (Å²) in [5, 5.41) is 1.77. The molecule has 1 atom stereocenters. The number of benzene rings is 1. The zero-order chi connectivity index (χ0) is 14.8. The molecule has 3 nitrogen and oxygen atoms in total. The van der Waals surface area contributed by atoms with Gasteiger partial charge in [0.25, 0.3) is 0 Å². The van der Waals surface area contributed by atoms with Crippen LogP contribution in [-0.4, -0.2) is 30.8 Å². The highest BCUT2D eigenvalue weighted by molar-refractivity contribution is 6.35. The van der Waals surface area contributed by atoms with Crippen LogP contribution in [0.15, 0.2) is 36.9 Å². The largest absolute Gasteiger partial charge is 0.372 e. The number of hydrogen-bond donors (Lipinski definition) is 0. The lowest BCUT2D eigenvalue weighted by Crippen LogP contribution is -2.23. The number of aromatic nitrogens is 1. The summed E-state index contributed by atoms with van der Waals surface area (Å²) < 4.78 is 5.73. The molecule has 1 unspecified atom stereocenters. The van der Waals surface area contributed by atoms with Crippen molar-refractivity contribution < 1.29 is 4.74 Å². The van der Waals surface area contributed by atoms with E-state index in [2.05, 4.69) is 24.5 Å². The third kappa shape index (κ3) is 2.89. The Kier molecular flexibility index (Phi) is 4.13. The average Bonchev–Trinajstić information content (AvgIpc) is 2.97. The highest BCUT2D eigenvalue weighted by Gasteiger charge is 2.24. The quantitative estimate of drug-likeness (QED) is 0.799. The summed E-state index contributed by atoms with van der Waals surface area (Å²) in [5.74, 6) is 0.998. The molecule has 1 aliphatic rings. The summed E-state index contributed by atoms with van der Waals surface area (Å²) in [5.41, 5.74) is 2.13. The molecule has 0 spiro atoms. The van der Waals surface area contributed by atoms with Gasteiger partial charge in [-0.2, -0.15) is 0 Å². The molecule has 4 heteroatoms. The molecule has 0 saturated carbocycles. The first-order valence-electron chi connectivity index (χ1n) is 7.22. The van der Waals surface area contributed by atoms with Gasteiger partial charge in [0.15, 0.2) is 0 Å². The second kappa shape index (κ2) is 6.04. The Balaban J connectivity index is 1.85. The van der Waals surface area contributed by atoms with Gasteiger partial charge in [0, 0.05) is 23.5 Å². The Morgan fingerprint density at radius 3 is 3.10 bits per heavy atom. The third-order valence-electron chi connectivity index (χ3n) is 3.91. The molecule has 0 bridgehead atoms. The molecule has 0 radical (unpaired) electrons. The van der Waals surface area contributed by atoms with Gasteiger partial charge in [0.05, 0.1) is 18.2 Å². The number of aryl methyl sites for hydroxylation is 1. The molecule has 3 rings (SSSR count). The molecule has 110 valence electrons. The molecule has 1 fully saturated rings. The fourth-order valence-electron chi connectivity index (χ4n) is 2.76. The van der Waals surface area contributed by atoms with Crippen molar-refractivity contribution in [3.63, 3.8) is 0 Å². The number of rotatable bonds is 4. The van der Waals surface area contributed by atoms with E-state index in [9.17, 15) is 0 Å². The summed E-state index contributed by atoms with van der Waals surface area (Å²) in [6, 6.07) is 8.05. The lowest BCUT2D eigenvalue weighted by molar-refractivity contribution is 0.0909. The van der Waals surface area contributed by atoms with Gasteiger partial charge >= 0.3 is 0 Å². The molecule has 2 aromatic rings. The van der Waals surface area contributed by atoms with Gasteiger partial charge in [-0.3, -0.25) is 0 Å². The zero-order valence-corrected chi connectivity index (χ0v) is 12.9. The molecule has 2 heterocycles. The first kappa shape index (κ1) is 14.4. The third-order valence-corrected chi connectivity index (χ3v) is 4.24. The Morgan fingerprint density at radius 1 is 1.43 bits per heavy atom. The van der Waals surface area contributed by atoms with Crippen molar-refractivity contribution in [2.45, 2.75) is 19.4 Å². The summed E-state index contributed by atoms with van der Waals surface area (Å²) in [4.78, 5) is 7.07. The van der Waals surface area contributed by atoms with E-state index in [0.29, 0.717) is 6.61 Å². The number of anilines is 1. The number of pyridine rings is 1. The van der Waals surface area contributed by atoms with Crippen LogP contribution in [0.1, 0.15) is 12.0 Å². The summed E-state index contributed by atoms with van der Waals surface area (Å²) in [7, 11) is 0. The number of hydrogen-bond acceptors (Lipinski definition) is 3. The van der Waals surface area contributed by atoms with E-state index < -0.39 is 0 Å². The molecule has 1 aromatic carbocycles. The van der Waals surface area contributed by atoms with Gasteiger partial charge < -0.3 is 9.64 Å². The van der Waals surface area contributed by atoms with Gasteiger partial charge in [-0.25, -0.2) is 4.98 Å². The second-order valence-electron chi connectivity index (χ2n) is 5.41. The van der Waals surface area contributed by atoms with E-state index in [-0.39, 0.29) is 6.10 Å². The molecular weight excluding hydrogens is 284 g/mol. The Bertz CT molecular complexity index is 671. The first-order valence-corrected chi connectivity index (χ1v) is 7.60. The smallest absolute Gasteiger partial charge is 0.129 e. The van der Waals surface area contributed by atoms with Crippen molar-refractivity contribution in [2.75, 3.05) is 24.6 Å². The summed E-state index contributed by atoms with van der Waals surface area (Å²) in [6.07, 6.45) is 3.09. The lowest BCUT2D eigenvalue weighted by atomic mass is 10.1. The number of nitrogens with zero attached hydrogens (tertiary/aromatic N) is 2. The molecule has 0 N–H and O–H groups in total. The van der Waals surface area contributed by atoms with Crippen LogP contribution in [0.3, 0.4) is 0 Å². The van der Waals surface area contributed by atoms with Crippen molar-refractivity contribution in [3.8, 4) is 0 Å². The lowest BCUT2D eigenvalue weighted by Gasteiger charge is -2.18.